The van der Waals surface area contributed by atoms with Crippen LogP contribution in [0.25, 0.3) is 0 Å². The summed E-state index contributed by atoms with van der Waals surface area (Å²) in [5.41, 5.74) is 0. The summed E-state index contributed by atoms with van der Waals surface area (Å²) in [5, 5.41) is 0. The maximum absolute atomic E-state index is 2.75. The molecule has 1 heteroatoms. The van der Waals surface area contributed by atoms with Crippen LogP contribution in [-0.4, -0.2) is 21.8 Å². The number of hydrogen-bond acceptors (Lipinski definition) is 0. The Morgan fingerprint density at radius 2 is 1.00 bits per heavy atom. The Hall–Kier alpha value is 0.883. The van der Waals surface area contributed by atoms with Gasteiger partial charge in [0.2, 0.25) is 0 Å². The molecule has 0 unspecified atom stereocenters. The van der Waals surface area contributed by atoms with E-state index in [1.54, 1.807) is 64.2 Å². The summed E-state index contributed by atoms with van der Waals surface area (Å²) in [6, 6.07) is 0. The van der Waals surface area contributed by atoms with Gasteiger partial charge in [0.25, 0.3) is 0 Å². The summed E-state index contributed by atoms with van der Waals surface area (Å²) in [6.45, 7) is 0. The minimum absolute atomic E-state index is 1.02. The van der Waals surface area contributed by atoms with Gasteiger partial charge < -0.3 is 0 Å². The van der Waals surface area contributed by atoms with E-state index in [1.807, 2.05) is 0 Å². The molecular weight excluding hydrogens is 365 g/mol. The van der Waals surface area contributed by atoms with Gasteiger partial charge in [-0.1, -0.05) is 0 Å². The van der Waals surface area contributed by atoms with Crippen molar-refractivity contribution in [1.29, 1.82) is 0 Å². The fourth-order valence-electron chi connectivity index (χ4n) is 3.27. The summed E-state index contributed by atoms with van der Waals surface area (Å²) < 4.78 is 5.34. The Kier molecular flexibility index (Phi) is 4.73. The van der Waals surface area contributed by atoms with Crippen molar-refractivity contribution in [3.05, 3.63) is 0 Å². The van der Waals surface area contributed by atoms with Crippen molar-refractivity contribution in [2.24, 2.45) is 0 Å². The van der Waals surface area contributed by atoms with Crippen molar-refractivity contribution in [2.45, 2.75) is 76.1 Å². The predicted octanol–water partition coefficient (Wildman–Crippen LogP) is 4.78. The molecule has 2 rings (SSSR count). The molecule has 14 heavy (non-hydrogen) atoms. The molecule has 0 atom stereocenters. The molecule has 2 aliphatic rings. The fourth-order valence-corrected chi connectivity index (χ4v) is 14.8. The van der Waals surface area contributed by atoms with E-state index in [4.69, 9.17) is 0 Å². The molecule has 0 heterocycles. The molecule has 2 saturated carbocycles. The Morgan fingerprint density at radius 1 is 0.643 bits per heavy atom. The zero-order valence-electron chi connectivity index (χ0n) is 9.67. The van der Waals surface area contributed by atoms with Gasteiger partial charge >= 0.3 is 97.8 Å². The first-order chi connectivity index (χ1) is 6.88. The molecule has 2 fully saturated rings. The Morgan fingerprint density at radius 3 is 1.36 bits per heavy atom. The fraction of sp³-hybridized carbons (Fsp3) is 1.00. The van der Waals surface area contributed by atoms with E-state index < -0.39 is 21.8 Å². The van der Waals surface area contributed by atoms with Gasteiger partial charge in [-0.3, -0.25) is 0 Å². The second-order valence-corrected chi connectivity index (χ2v) is 16.1. The van der Waals surface area contributed by atoms with E-state index in [1.165, 1.54) is 7.25 Å². The van der Waals surface area contributed by atoms with E-state index in [9.17, 15) is 0 Å². The third kappa shape index (κ3) is 2.94. The van der Waals surface area contributed by atoms with Gasteiger partial charge in [0.05, 0.1) is 0 Å². The van der Waals surface area contributed by atoms with E-state index in [-0.39, 0.29) is 0 Å². The van der Waals surface area contributed by atoms with Crippen LogP contribution in [0.2, 0.25) is 11.9 Å². The number of hydrogen-bond donors (Lipinski definition) is 0. The molecule has 0 aliphatic heterocycles. The molecule has 2 aliphatic carbocycles. The number of rotatable bonds is 2. The molecule has 0 bridgehead atoms. The SMILES string of the molecule is [CH3][Bi]([CH]1CCCCC1)[CH]1CCCCC1. The standard InChI is InChI=1S/2C6H11.CH3.Bi/c2*1-2-4-6-5-3-1;;/h2*1H,2-6H2;1H3;. The maximum atomic E-state index is 2.75. The second-order valence-electron chi connectivity index (χ2n) is 5.25. The molecule has 0 saturated heterocycles. The predicted molar refractivity (Wildman–Crippen MR) is 65.3 cm³/mol. The summed E-state index contributed by atoms with van der Waals surface area (Å²) in [6.07, 6.45) is 15.9. The van der Waals surface area contributed by atoms with Crippen LogP contribution >= 0.6 is 0 Å². The Bertz CT molecular complexity index is 137. The molecule has 0 aromatic heterocycles. The molecular formula is C13H25Bi. The third-order valence-corrected chi connectivity index (χ3v) is 17.3. The van der Waals surface area contributed by atoms with Gasteiger partial charge in [0.15, 0.2) is 0 Å². The first-order valence-electron chi connectivity index (χ1n) is 6.60. The average molecular weight is 390 g/mol. The summed E-state index contributed by atoms with van der Waals surface area (Å²) in [7, 11) is 0. The topological polar surface area (TPSA) is 0 Å². The Balaban J connectivity index is 1.82. The van der Waals surface area contributed by atoms with E-state index in [0.717, 1.165) is 0 Å². The first kappa shape index (κ1) is 11.4. The van der Waals surface area contributed by atoms with Crippen molar-refractivity contribution in [3.8, 4) is 0 Å². The van der Waals surface area contributed by atoms with Gasteiger partial charge in [-0.15, -0.1) is 0 Å². The van der Waals surface area contributed by atoms with Crippen LogP contribution in [0.15, 0.2) is 0 Å². The minimum atomic E-state index is -1.02. The zero-order valence-corrected chi connectivity index (χ0v) is 13.2. The van der Waals surface area contributed by atoms with Crippen LogP contribution in [0, 0.1) is 0 Å². The summed E-state index contributed by atoms with van der Waals surface area (Å²) >= 11 is -1.02. The van der Waals surface area contributed by atoms with Gasteiger partial charge in [-0.05, 0) is 0 Å². The van der Waals surface area contributed by atoms with Crippen LogP contribution in [-0.2, 0) is 0 Å². The van der Waals surface area contributed by atoms with E-state index >= 15 is 0 Å². The van der Waals surface area contributed by atoms with Crippen molar-refractivity contribution in [2.75, 3.05) is 0 Å². The van der Waals surface area contributed by atoms with Crippen LogP contribution in [0.4, 0.5) is 0 Å². The van der Waals surface area contributed by atoms with Crippen molar-refractivity contribution in [3.63, 3.8) is 0 Å². The van der Waals surface area contributed by atoms with Crippen LogP contribution in [0.1, 0.15) is 64.2 Å². The molecule has 0 radical (unpaired) electrons. The molecule has 0 aromatic carbocycles. The Labute approximate surface area is 97.5 Å². The van der Waals surface area contributed by atoms with Gasteiger partial charge in [0.1, 0.15) is 0 Å². The molecule has 0 aromatic rings. The van der Waals surface area contributed by atoms with E-state index in [0.29, 0.717) is 0 Å². The molecule has 0 amide bonds. The van der Waals surface area contributed by atoms with Crippen LogP contribution in [0.3, 0.4) is 0 Å². The van der Waals surface area contributed by atoms with Crippen LogP contribution in [0.5, 0.6) is 0 Å². The molecule has 0 nitrogen and oxygen atoms in total. The molecule has 82 valence electrons. The monoisotopic (exact) mass is 390 g/mol. The van der Waals surface area contributed by atoms with E-state index in [2.05, 4.69) is 4.63 Å². The third-order valence-electron chi connectivity index (χ3n) is 4.30. The second kappa shape index (κ2) is 5.83. The van der Waals surface area contributed by atoms with Gasteiger partial charge in [0, 0.05) is 0 Å². The normalized spacial score (nSPS) is 27.0. The van der Waals surface area contributed by atoms with Gasteiger partial charge in [-0.2, -0.15) is 0 Å². The molecule has 0 N–H and O–H groups in total. The quantitative estimate of drug-likeness (QED) is 0.596. The average Bonchev–Trinajstić information content (AvgIpc) is 2.30. The van der Waals surface area contributed by atoms with Crippen molar-refractivity contribution < 1.29 is 0 Å². The summed E-state index contributed by atoms with van der Waals surface area (Å²) in [4.78, 5) is 0. The van der Waals surface area contributed by atoms with Crippen LogP contribution < -0.4 is 0 Å². The van der Waals surface area contributed by atoms with Gasteiger partial charge in [-0.25, -0.2) is 0 Å². The first-order valence-corrected chi connectivity index (χ1v) is 14.1. The van der Waals surface area contributed by atoms with Crippen molar-refractivity contribution in [1.82, 2.24) is 0 Å². The summed E-state index contributed by atoms with van der Waals surface area (Å²) in [5.74, 6) is 0. The van der Waals surface area contributed by atoms with Crippen molar-refractivity contribution >= 4 is 21.8 Å². The zero-order chi connectivity index (χ0) is 9.80. The molecule has 0 spiro atoms.